The van der Waals surface area contributed by atoms with Crippen molar-refractivity contribution in [1.82, 2.24) is 9.97 Å². The zero-order valence-corrected chi connectivity index (χ0v) is 17.5. The highest BCUT2D eigenvalue weighted by atomic mass is 32.2. The summed E-state index contributed by atoms with van der Waals surface area (Å²) >= 11 is 0. The van der Waals surface area contributed by atoms with E-state index in [2.05, 4.69) is 20.6 Å². The quantitative estimate of drug-likeness (QED) is 0.551. The molecule has 0 bridgehead atoms. The third kappa shape index (κ3) is 4.32. The molecule has 7 nitrogen and oxygen atoms in total. The van der Waals surface area contributed by atoms with Crippen LogP contribution in [0.25, 0.3) is 11.0 Å². The van der Waals surface area contributed by atoms with E-state index < -0.39 is 9.84 Å². The first kappa shape index (κ1) is 19.6. The number of H-pyrrole nitrogens is 1. The fourth-order valence-corrected chi connectivity index (χ4v) is 4.47. The molecule has 0 saturated heterocycles. The molecule has 0 aliphatic heterocycles. The average molecular weight is 415 g/mol. The monoisotopic (exact) mass is 414 g/mol. The van der Waals surface area contributed by atoms with Gasteiger partial charge in [-0.05, 0) is 31.0 Å². The van der Waals surface area contributed by atoms with E-state index in [0.29, 0.717) is 23.3 Å². The topological polar surface area (TPSA) is 96.1 Å². The highest BCUT2D eigenvalue weighted by Crippen LogP contribution is 2.33. The fraction of sp³-hybridized carbons (Fsp3) is 0.381. The molecule has 0 unspecified atom stereocenters. The predicted molar refractivity (Wildman–Crippen MR) is 116 cm³/mol. The van der Waals surface area contributed by atoms with Gasteiger partial charge in [-0.2, -0.15) is 0 Å². The summed E-state index contributed by atoms with van der Waals surface area (Å²) in [6, 6.07) is 9.28. The first-order valence-electron chi connectivity index (χ1n) is 9.84. The molecule has 8 heteroatoms. The third-order valence-corrected chi connectivity index (χ3v) is 6.47. The summed E-state index contributed by atoms with van der Waals surface area (Å²) in [6.45, 7) is 0. The number of aromatic nitrogens is 2. The van der Waals surface area contributed by atoms with E-state index in [9.17, 15) is 8.42 Å². The molecule has 0 atom stereocenters. The van der Waals surface area contributed by atoms with E-state index in [1.807, 2.05) is 18.3 Å². The Kier molecular flexibility index (Phi) is 5.36. The van der Waals surface area contributed by atoms with E-state index in [-0.39, 0.29) is 4.90 Å². The number of hydrogen-bond acceptors (Lipinski definition) is 6. The highest BCUT2D eigenvalue weighted by molar-refractivity contribution is 7.90. The molecule has 2 aromatic heterocycles. The SMILES string of the molecule is COc1cc(S(C)(=O)=O)ccc1Nc1cc(NC2CCCCC2)c2cc[nH]c2n1. The van der Waals surface area contributed by atoms with Crippen molar-refractivity contribution < 1.29 is 13.2 Å². The summed E-state index contributed by atoms with van der Waals surface area (Å²) in [4.78, 5) is 8.04. The molecule has 3 aromatic rings. The molecule has 1 saturated carbocycles. The predicted octanol–water partition coefficient (Wildman–Crippen LogP) is 4.46. The highest BCUT2D eigenvalue weighted by Gasteiger charge is 2.17. The number of pyridine rings is 1. The van der Waals surface area contributed by atoms with Crippen molar-refractivity contribution in [2.24, 2.45) is 0 Å². The number of rotatable bonds is 6. The molecule has 0 spiro atoms. The van der Waals surface area contributed by atoms with Crippen LogP contribution in [0.5, 0.6) is 5.75 Å². The summed E-state index contributed by atoms with van der Waals surface area (Å²) in [5.74, 6) is 1.10. The molecule has 1 fully saturated rings. The summed E-state index contributed by atoms with van der Waals surface area (Å²) < 4.78 is 29.0. The zero-order chi connectivity index (χ0) is 20.4. The van der Waals surface area contributed by atoms with E-state index in [0.717, 1.165) is 16.7 Å². The summed E-state index contributed by atoms with van der Waals surface area (Å²) in [5.41, 5.74) is 2.49. The van der Waals surface area contributed by atoms with Gasteiger partial charge in [0.05, 0.1) is 17.7 Å². The van der Waals surface area contributed by atoms with Crippen LogP contribution < -0.4 is 15.4 Å². The molecule has 1 aliphatic rings. The molecule has 0 radical (unpaired) electrons. The Labute approximate surface area is 170 Å². The zero-order valence-electron chi connectivity index (χ0n) is 16.7. The number of methoxy groups -OCH3 is 1. The number of aromatic amines is 1. The lowest BCUT2D eigenvalue weighted by molar-refractivity contribution is 0.415. The van der Waals surface area contributed by atoms with Crippen LogP contribution in [0.4, 0.5) is 17.2 Å². The Balaban J connectivity index is 1.66. The largest absolute Gasteiger partial charge is 0.495 e. The maximum Gasteiger partial charge on any atom is 0.175 e. The minimum absolute atomic E-state index is 0.215. The second-order valence-corrected chi connectivity index (χ2v) is 9.55. The van der Waals surface area contributed by atoms with Crippen LogP contribution in [0.2, 0.25) is 0 Å². The number of hydrogen-bond donors (Lipinski definition) is 3. The van der Waals surface area contributed by atoms with Crippen LogP contribution in [0.3, 0.4) is 0 Å². The number of sulfone groups is 1. The second-order valence-electron chi connectivity index (χ2n) is 7.53. The van der Waals surface area contributed by atoms with Gasteiger partial charge in [0, 0.05) is 41.7 Å². The third-order valence-electron chi connectivity index (χ3n) is 5.36. The van der Waals surface area contributed by atoms with Gasteiger partial charge in [0.1, 0.15) is 17.2 Å². The number of nitrogens with zero attached hydrogens (tertiary/aromatic N) is 1. The minimum Gasteiger partial charge on any atom is -0.495 e. The number of ether oxygens (including phenoxy) is 1. The lowest BCUT2D eigenvalue weighted by atomic mass is 9.95. The van der Waals surface area contributed by atoms with Crippen molar-refractivity contribution in [3.8, 4) is 5.75 Å². The molecule has 29 heavy (non-hydrogen) atoms. The van der Waals surface area contributed by atoms with Crippen molar-refractivity contribution in [3.05, 3.63) is 36.5 Å². The van der Waals surface area contributed by atoms with Crippen LogP contribution in [-0.4, -0.2) is 37.8 Å². The van der Waals surface area contributed by atoms with Crippen LogP contribution >= 0.6 is 0 Å². The Morgan fingerprint density at radius 3 is 2.62 bits per heavy atom. The standard InChI is InChI=1S/C21H26N4O3S/c1-28-19-12-15(29(2,26)27)8-9-17(19)24-20-13-18(16-10-11-22-21(16)25-20)23-14-6-4-3-5-7-14/h8-14H,3-7H2,1-2H3,(H3,22,23,24,25). The molecule has 1 aliphatic carbocycles. The first-order chi connectivity index (χ1) is 13.9. The molecule has 0 amide bonds. The van der Waals surface area contributed by atoms with Crippen LogP contribution in [0.15, 0.2) is 41.4 Å². The van der Waals surface area contributed by atoms with Crippen LogP contribution in [0, 0.1) is 0 Å². The van der Waals surface area contributed by atoms with E-state index in [1.54, 1.807) is 12.1 Å². The average Bonchev–Trinajstić information content (AvgIpc) is 3.17. The van der Waals surface area contributed by atoms with Gasteiger partial charge in [-0.25, -0.2) is 13.4 Å². The normalized spacial score (nSPS) is 15.4. The van der Waals surface area contributed by atoms with E-state index in [1.165, 1.54) is 51.5 Å². The molecular weight excluding hydrogens is 388 g/mol. The molecule has 1 aromatic carbocycles. The van der Waals surface area contributed by atoms with Crippen molar-refractivity contribution in [3.63, 3.8) is 0 Å². The second kappa shape index (κ2) is 7.94. The van der Waals surface area contributed by atoms with Crippen LogP contribution in [-0.2, 0) is 9.84 Å². The van der Waals surface area contributed by atoms with Gasteiger partial charge in [0.15, 0.2) is 9.84 Å². The maximum atomic E-state index is 11.8. The summed E-state index contributed by atoms with van der Waals surface area (Å²) in [6.07, 6.45) is 9.25. The Hall–Kier alpha value is -2.74. The Bertz CT molecular complexity index is 1120. The molecule has 3 N–H and O–H groups in total. The van der Waals surface area contributed by atoms with Gasteiger partial charge in [-0.15, -0.1) is 0 Å². The number of nitrogens with one attached hydrogen (secondary N) is 3. The Morgan fingerprint density at radius 2 is 1.90 bits per heavy atom. The number of anilines is 3. The first-order valence-corrected chi connectivity index (χ1v) is 11.7. The van der Waals surface area contributed by atoms with Gasteiger partial charge in [-0.3, -0.25) is 0 Å². The van der Waals surface area contributed by atoms with Gasteiger partial charge < -0.3 is 20.4 Å². The van der Waals surface area contributed by atoms with Crippen molar-refractivity contribution in [2.45, 2.75) is 43.0 Å². The molecular formula is C21H26N4O3S. The van der Waals surface area contributed by atoms with Crippen molar-refractivity contribution in [2.75, 3.05) is 24.0 Å². The van der Waals surface area contributed by atoms with Gasteiger partial charge >= 0.3 is 0 Å². The smallest absolute Gasteiger partial charge is 0.175 e. The van der Waals surface area contributed by atoms with E-state index >= 15 is 0 Å². The lowest BCUT2D eigenvalue weighted by Gasteiger charge is -2.24. The summed E-state index contributed by atoms with van der Waals surface area (Å²) in [7, 11) is -1.79. The maximum absolute atomic E-state index is 11.8. The van der Waals surface area contributed by atoms with Gasteiger partial charge in [-0.1, -0.05) is 19.3 Å². The number of benzene rings is 1. The van der Waals surface area contributed by atoms with Crippen molar-refractivity contribution >= 4 is 38.1 Å². The number of fused-ring (bicyclic) bond motifs is 1. The summed E-state index contributed by atoms with van der Waals surface area (Å²) in [5, 5.41) is 8.01. The van der Waals surface area contributed by atoms with Crippen LogP contribution in [0.1, 0.15) is 32.1 Å². The Morgan fingerprint density at radius 1 is 1.10 bits per heavy atom. The fourth-order valence-electron chi connectivity index (χ4n) is 3.83. The molecule has 4 rings (SSSR count). The van der Waals surface area contributed by atoms with Gasteiger partial charge in [0.25, 0.3) is 0 Å². The lowest BCUT2D eigenvalue weighted by Crippen LogP contribution is -2.22. The minimum atomic E-state index is -3.31. The van der Waals surface area contributed by atoms with E-state index in [4.69, 9.17) is 4.74 Å². The molecule has 2 heterocycles. The van der Waals surface area contributed by atoms with Crippen molar-refractivity contribution in [1.29, 1.82) is 0 Å². The van der Waals surface area contributed by atoms with Gasteiger partial charge in [0.2, 0.25) is 0 Å². The molecule has 154 valence electrons.